The second-order valence-corrected chi connectivity index (χ2v) is 6.95. The van der Waals surface area contributed by atoms with Crippen molar-refractivity contribution in [1.29, 1.82) is 0 Å². The van der Waals surface area contributed by atoms with Crippen molar-refractivity contribution in [2.45, 2.75) is 6.42 Å². The molecule has 4 rings (SSSR count). The van der Waals surface area contributed by atoms with Gasteiger partial charge in [-0.15, -0.1) is 0 Å². The molecule has 1 fully saturated rings. The Labute approximate surface area is 156 Å². The predicted molar refractivity (Wildman–Crippen MR) is 102 cm³/mol. The molecule has 140 valence electrons. The van der Waals surface area contributed by atoms with Crippen LogP contribution in [0.3, 0.4) is 0 Å². The maximum Gasteiger partial charge on any atom is 0.320 e. The number of halogens is 1. The molecule has 2 amide bonds. The number of carbonyl (C=O) groups is 1. The zero-order valence-corrected chi connectivity index (χ0v) is 15.0. The number of aromatic amines is 1. The Hall–Kier alpha value is -3.00. The lowest BCUT2D eigenvalue weighted by Gasteiger charge is -2.12. The van der Waals surface area contributed by atoms with Crippen LogP contribution in [0.4, 0.5) is 15.0 Å². The number of benzene rings is 1. The summed E-state index contributed by atoms with van der Waals surface area (Å²) in [5.41, 5.74) is 2.24. The zero-order valence-electron chi connectivity index (χ0n) is 15.0. The largest absolute Gasteiger partial charge is 0.338 e. The van der Waals surface area contributed by atoms with Crippen LogP contribution in [0.1, 0.15) is 6.42 Å². The van der Waals surface area contributed by atoms with Gasteiger partial charge in [0.1, 0.15) is 17.3 Å². The van der Waals surface area contributed by atoms with Gasteiger partial charge in [-0.2, -0.15) is 5.10 Å². The first-order valence-corrected chi connectivity index (χ1v) is 8.92. The van der Waals surface area contributed by atoms with E-state index in [4.69, 9.17) is 0 Å². The zero-order chi connectivity index (χ0) is 18.8. The summed E-state index contributed by atoms with van der Waals surface area (Å²) in [4.78, 5) is 18.7. The number of fused-ring (bicyclic) bond motifs is 1. The summed E-state index contributed by atoms with van der Waals surface area (Å²) in [5.74, 6) is 0.637. The molecule has 1 aliphatic heterocycles. The normalized spacial score (nSPS) is 17.3. The van der Waals surface area contributed by atoms with Gasteiger partial charge in [0.2, 0.25) is 0 Å². The van der Waals surface area contributed by atoms with Gasteiger partial charge < -0.3 is 10.2 Å². The number of hydrogen-bond acceptors (Lipinski definition) is 4. The van der Waals surface area contributed by atoms with Gasteiger partial charge in [0.15, 0.2) is 0 Å². The van der Waals surface area contributed by atoms with Gasteiger partial charge in [0.05, 0.1) is 5.52 Å². The number of hydrogen-bond donors (Lipinski definition) is 3. The van der Waals surface area contributed by atoms with Crippen LogP contribution in [0.5, 0.6) is 0 Å². The molecule has 0 saturated carbocycles. The molecule has 8 heteroatoms. The average molecular weight is 368 g/mol. The fourth-order valence-corrected chi connectivity index (χ4v) is 3.40. The molecule has 2 aromatic heterocycles. The van der Waals surface area contributed by atoms with E-state index in [0.29, 0.717) is 24.0 Å². The summed E-state index contributed by atoms with van der Waals surface area (Å²) in [7, 11) is 2.09. The van der Waals surface area contributed by atoms with Gasteiger partial charge in [0.25, 0.3) is 0 Å². The van der Waals surface area contributed by atoms with Crippen molar-refractivity contribution in [3.8, 4) is 11.3 Å². The van der Waals surface area contributed by atoms with E-state index >= 15 is 0 Å². The second kappa shape index (κ2) is 7.32. The van der Waals surface area contributed by atoms with Crippen molar-refractivity contribution in [3.05, 3.63) is 42.3 Å². The average Bonchev–Trinajstić information content (AvgIpc) is 3.26. The molecule has 0 bridgehead atoms. The Morgan fingerprint density at radius 1 is 1.37 bits per heavy atom. The third kappa shape index (κ3) is 3.90. The molecule has 1 atom stereocenters. The minimum atomic E-state index is -0.293. The van der Waals surface area contributed by atoms with Gasteiger partial charge in [-0.05, 0) is 50.2 Å². The van der Waals surface area contributed by atoms with Crippen molar-refractivity contribution in [3.63, 3.8) is 0 Å². The summed E-state index contributed by atoms with van der Waals surface area (Å²) in [5, 5.41) is 13.7. The number of pyridine rings is 1. The standard InChI is InChI=1S/C19H21FN6O/c1-26-7-6-12(11-26)9-22-19(27)23-17-8-16-15(10-21-17)18(25-24-16)13-2-4-14(20)5-3-13/h2-5,8,10,12H,6-7,9,11H2,1H3,(H,24,25)(H2,21,22,23,27)/t12-/m0/s1. The summed E-state index contributed by atoms with van der Waals surface area (Å²) in [6.45, 7) is 2.73. The van der Waals surface area contributed by atoms with Crippen LogP contribution < -0.4 is 10.6 Å². The number of amides is 2. The van der Waals surface area contributed by atoms with E-state index in [-0.39, 0.29) is 11.8 Å². The summed E-state index contributed by atoms with van der Waals surface area (Å²) >= 11 is 0. The number of urea groups is 1. The molecular weight excluding hydrogens is 347 g/mol. The summed E-state index contributed by atoms with van der Waals surface area (Å²) in [6, 6.07) is 7.60. The van der Waals surface area contributed by atoms with E-state index in [1.165, 1.54) is 12.1 Å². The number of H-pyrrole nitrogens is 1. The molecular formula is C19H21FN6O. The third-order valence-electron chi connectivity index (χ3n) is 4.85. The Morgan fingerprint density at radius 2 is 2.19 bits per heavy atom. The van der Waals surface area contributed by atoms with Crippen LogP contribution >= 0.6 is 0 Å². The Kier molecular flexibility index (Phi) is 4.72. The fourth-order valence-electron chi connectivity index (χ4n) is 3.40. The molecule has 0 spiro atoms. The topological polar surface area (TPSA) is 85.9 Å². The van der Waals surface area contributed by atoms with Crippen molar-refractivity contribution < 1.29 is 9.18 Å². The molecule has 3 aromatic rings. The lowest BCUT2D eigenvalue weighted by molar-refractivity contribution is 0.250. The smallest absolute Gasteiger partial charge is 0.320 e. The van der Waals surface area contributed by atoms with Crippen LogP contribution in [0.15, 0.2) is 36.5 Å². The van der Waals surface area contributed by atoms with E-state index in [1.807, 2.05) is 0 Å². The predicted octanol–water partition coefficient (Wildman–Crippen LogP) is 2.84. The number of rotatable bonds is 4. The molecule has 3 heterocycles. The quantitative estimate of drug-likeness (QED) is 0.661. The van der Waals surface area contributed by atoms with Gasteiger partial charge in [0, 0.05) is 36.3 Å². The molecule has 7 nitrogen and oxygen atoms in total. The molecule has 0 radical (unpaired) electrons. The highest BCUT2D eigenvalue weighted by atomic mass is 19.1. The van der Waals surface area contributed by atoms with Crippen LogP contribution in [-0.4, -0.2) is 52.8 Å². The lowest BCUT2D eigenvalue weighted by atomic mass is 10.1. The summed E-state index contributed by atoms with van der Waals surface area (Å²) in [6.07, 6.45) is 2.75. The highest BCUT2D eigenvalue weighted by Gasteiger charge is 2.20. The second-order valence-electron chi connectivity index (χ2n) is 6.95. The first kappa shape index (κ1) is 17.4. The number of likely N-dealkylation sites (tertiary alicyclic amines) is 1. The number of aromatic nitrogens is 3. The molecule has 0 aliphatic carbocycles. The first-order valence-electron chi connectivity index (χ1n) is 8.92. The van der Waals surface area contributed by atoms with Crippen molar-refractivity contribution >= 4 is 22.8 Å². The van der Waals surface area contributed by atoms with E-state index in [1.54, 1.807) is 24.4 Å². The van der Waals surface area contributed by atoms with E-state index < -0.39 is 0 Å². The number of nitrogens with zero attached hydrogens (tertiary/aromatic N) is 3. The Morgan fingerprint density at radius 3 is 2.93 bits per heavy atom. The third-order valence-corrected chi connectivity index (χ3v) is 4.85. The van der Waals surface area contributed by atoms with Crippen LogP contribution in [-0.2, 0) is 0 Å². The lowest BCUT2D eigenvalue weighted by Crippen LogP contribution is -2.34. The van der Waals surface area contributed by atoms with Gasteiger partial charge in [-0.1, -0.05) is 0 Å². The molecule has 3 N–H and O–H groups in total. The van der Waals surface area contributed by atoms with E-state index in [9.17, 15) is 9.18 Å². The number of nitrogens with one attached hydrogen (secondary N) is 3. The van der Waals surface area contributed by atoms with Gasteiger partial charge in [-0.3, -0.25) is 10.4 Å². The molecule has 1 saturated heterocycles. The van der Waals surface area contributed by atoms with Crippen molar-refractivity contribution in [2.75, 3.05) is 32.0 Å². The molecule has 1 aromatic carbocycles. The highest BCUT2D eigenvalue weighted by Crippen LogP contribution is 2.27. The summed E-state index contributed by atoms with van der Waals surface area (Å²) < 4.78 is 13.1. The number of anilines is 1. The number of carbonyl (C=O) groups excluding carboxylic acids is 1. The maximum absolute atomic E-state index is 13.1. The van der Waals surface area contributed by atoms with Crippen molar-refractivity contribution in [1.82, 2.24) is 25.4 Å². The fraction of sp³-hybridized carbons (Fsp3) is 0.316. The Bertz CT molecular complexity index is 954. The van der Waals surface area contributed by atoms with Crippen LogP contribution in [0.25, 0.3) is 22.2 Å². The van der Waals surface area contributed by atoms with Crippen molar-refractivity contribution in [2.24, 2.45) is 5.92 Å². The maximum atomic E-state index is 13.1. The monoisotopic (exact) mass is 368 g/mol. The minimum Gasteiger partial charge on any atom is -0.338 e. The molecule has 1 aliphatic rings. The first-order chi connectivity index (χ1) is 13.1. The van der Waals surface area contributed by atoms with Crippen LogP contribution in [0, 0.1) is 11.7 Å². The van der Waals surface area contributed by atoms with E-state index in [0.717, 1.165) is 36.0 Å². The molecule has 27 heavy (non-hydrogen) atoms. The molecule has 0 unspecified atom stereocenters. The van der Waals surface area contributed by atoms with Crippen LogP contribution in [0.2, 0.25) is 0 Å². The minimum absolute atomic E-state index is 0.269. The SMILES string of the molecule is CN1CC[C@@H](CNC(=O)Nc2cc3[nH]nc(-c4ccc(F)cc4)c3cn2)C1. The Balaban J connectivity index is 1.43. The highest BCUT2D eigenvalue weighted by molar-refractivity contribution is 5.95. The van der Waals surface area contributed by atoms with Gasteiger partial charge >= 0.3 is 6.03 Å². The van der Waals surface area contributed by atoms with E-state index in [2.05, 4.69) is 37.8 Å². The van der Waals surface area contributed by atoms with Gasteiger partial charge in [-0.25, -0.2) is 14.2 Å².